The third-order valence-electron chi connectivity index (χ3n) is 1.47. The standard InChI is InChI=1S/C8H14O5S/c1-3-13-8(10)5-7(9)6-14(11,12)4-2/h3-6H2,1-2H3. The zero-order valence-corrected chi connectivity index (χ0v) is 9.09. The van der Waals surface area contributed by atoms with Gasteiger partial charge in [0.05, 0.1) is 6.61 Å². The highest BCUT2D eigenvalue weighted by Gasteiger charge is 2.17. The highest BCUT2D eigenvalue weighted by atomic mass is 32.2. The number of carbonyl (C=O) groups is 2. The number of esters is 1. The number of ether oxygens (including phenoxy) is 1. The third-order valence-corrected chi connectivity index (χ3v) is 3.11. The summed E-state index contributed by atoms with van der Waals surface area (Å²) in [6.07, 6.45) is -0.465. The minimum atomic E-state index is -3.34. The lowest BCUT2D eigenvalue weighted by molar-refractivity contribution is -0.145. The summed E-state index contributed by atoms with van der Waals surface area (Å²) in [4.78, 5) is 21.8. The van der Waals surface area contributed by atoms with E-state index in [1.165, 1.54) is 6.92 Å². The van der Waals surface area contributed by atoms with Crippen LogP contribution in [0, 0.1) is 0 Å². The Bertz CT molecular complexity index is 304. The molecule has 0 rings (SSSR count). The summed E-state index contributed by atoms with van der Waals surface area (Å²) in [6.45, 7) is 3.25. The monoisotopic (exact) mass is 222 g/mol. The maximum Gasteiger partial charge on any atom is 0.313 e. The van der Waals surface area contributed by atoms with Crippen LogP contribution in [0.15, 0.2) is 0 Å². The molecule has 0 saturated heterocycles. The van der Waals surface area contributed by atoms with Crippen molar-refractivity contribution in [3.05, 3.63) is 0 Å². The maximum absolute atomic E-state index is 11.0. The third kappa shape index (κ3) is 5.69. The van der Waals surface area contributed by atoms with Crippen molar-refractivity contribution in [2.24, 2.45) is 0 Å². The first-order valence-electron chi connectivity index (χ1n) is 4.29. The van der Waals surface area contributed by atoms with Crippen LogP contribution in [0.25, 0.3) is 0 Å². The number of sulfone groups is 1. The van der Waals surface area contributed by atoms with E-state index in [1.54, 1.807) is 6.92 Å². The molecule has 0 heterocycles. The zero-order chi connectivity index (χ0) is 11.2. The smallest absolute Gasteiger partial charge is 0.313 e. The van der Waals surface area contributed by atoms with Gasteiger partial charge < -0.3 is 4.74 Å². The van der Waals surface area contributed by atoms with Crippen molar-refractivity contribution in [1.29, 1.82) is 0 Å². The lowest BCUT2D eigenvalue weighted by Crippen LogP contribution is -2.21. The van der Waals surface area contributed by atoms with Gasteiger partial charge in [-0.3, -0.25) is 9.59 Å². The molecule has 5 nitrogen and oxygen atoms in total. The molecule has 0 unspecified atom stereocenters. The van der Waals surface area contributed by atoms with Crippen molar-refractivity contribution in [1.82, 2.24) is 0 Å². The van der Waals surface area contributed by atoms with Crippen LogP contribution in [0.4, 0.5) is 0 Å². The molecule has 0 spiro atoms. The van der Waals surface area contributed by atoms with Crippen molar-refractivity contribution in [3.8, 4) is 0 Å². The molecule has 0 radical (unpaired) electrons. The summed E-state index contributed by atoms with van der Waals surface area (Å²) in [5.41, 5.74) is 0. The van der Waals surface area contributed by atoms with E-state index in [0.29, 0.717) is 0 Å². The van der Waals surface area contributed by atoms with Crippen LogP contribution in [-0.4, -0.2) is 38.3 Å². The van der Waals surface area contributed by atoms with E-state index in [1.807, 2.05) is 0 Å². The number of ketones is 1. The number of hydrogen-bond donors (Lipinski definition) is 0. The van der Waals surface area contributed by atoms with Crippen LogP contribution >= 0.6 is 0 Å². The first kappa shape index (κ1) is 13.1. The van der Waals surface area contributed by atoms with Gasteiger partial charge in [-0.25, -0.2) is 8.42 Å². The Morgan fingerprint density at radius 3 is 2.21 bits per heavy atom. The second-order valence-corrected chi connectivity index (χ2v) is 5.05. The van der Waals surface area contributed by atoms with E-state index >= 15 is 0 Å². The molecule has 0 N–H and O–H groups in total. The molecule has 0 amide bonds. The average molecular weight is 222 g/mol. The highest BCUT2D eigenvalue weighted by Crippen LogP contribution is 1.95. The van der Waals surface area contributed by atoms with Gasteiger partial charge in [0, 0.05) is 5.75 Å². The summed E-state index contributed by atoms with van der Waals surface area (Å²) in [5, 5.41) is 0. The van der Waals surface area contributed by atoms with E-state index in [0.717, 1.165) is 0 Å². The van der Waals surface area contributed by atoms with Crippen LogP contribution in [0.1, 0.15) is 20.3 Å². The molecule has 0 aromatic carbocycles. The van der Waals surface area contributed by atoms with Crippen LogP contribution < -0.4 is 0 Å². The lowest BCUT2D eigenvalue weighted by Gasteiger charge is -2.01. The SMILES string of the molecule is CCOC(=O)CC(=O)CS(=O)(=O)CC. The highest BCUT2D eigenvalue weighted by molar-refractivity contribution is 7.92. The first-order valence-corrected chi connectivity index (χ1v) is 6.11. The van der Waals surface area contributed by atoms with Crippen LogP contribution in [-0.2, 0) is 24.2 Å². The second kappa shape index (κ2) is 5.74. The fourth-order valence-electron chi connectivity index (χ4n) is 0.771. The van der Waals surface area contributed by atoms with E-state index in [4.69, 9.17) is 0 Å². The minimum absolute atomic E-state index is 0.0957. The van der Waals surface area contributed by atoms with Crippen molar-refractivity contribution in [3.63, 3.8) is 0 Å². The van der Waals surface area contributed by atoms with E-state index in [-0.39, 0.29) is 12.4 Å². The molecule has 0 aromatic rings. The fraction of sp³-hybridized carbons (Fsp3) is 0.750. The predicted octanol–water partition coefficient (Wildman–Crippen LogP) is -0.0566. The second-order valence-electron chi connectivity index (χ2n) is 2.70. The first-order chi connectivity index (χ1) is 6.41. The molecule has 6 heteroatoms. The molecule has 0 aliphatic carbocycles. The number of carbonyl (C=O) groups excluding carboxylic acids is 2. The van der Waals surface area contributed by atoms with Gasteiger partial charge in [0.25, 0.3) is 0 Å². The van der Waals surface area contributed by atoms with E-state index in [2.05, 4.69) is 4.74 Å². The summed E-state index contributed by atoms with van der Waals surface area (Å²) in [7, 11) is -3.34. The topological polar surface area (TPSA) is 77.5 Å². The van der Waals surface area contributed by atoms with Gasteiger partial charge in [-0.1, -0.05) is 6.92 Å². The Balaban J connectivity index is 4.06. The normalized spacial score (nSPS) is 11.0. The summed E-state index contributed by atoms with van der Waals surface area (Å²) >= 11 is 0. The van der Waals surface area contributed by atoms with Gasteiger partial charge >= 0.3 is 5.97 Å². The van der Waals surface area contributed by atoms with Crippen LogP contribution in [0.5, 0.6) is 0 Å². The fourth-order valence-corrected chi connectivity index (χ4v) is 1.57. The molecule has 82 valence electrons. The molecule has 0 bridgehead atoms. The van der Waals surface area contributed by atoms with Gasteiger partial charge in [-0.2, -0.15) is 0 Å². The van der Waals surface area contributed by atoms with Crippen molar-refractivity contribution in [2.45, 2.75) is 20.3 Å². The van der Waals surface area contributed by atoms with Gasteiger partial charge in [0.15, 0.2) is 15.6 Å². The molecule has 0 aliphatic heterocycles. The Labute approximate surface area is 83.4 Å². The molecule has 0 aliphatic rings. The molecule has 14 heavy (non-hydrogen) atoms. The molecular weight excluding hydrogens is 208 g/mol. The van der Waals surface area contributed by atoms with Gasteiger partial charge in [0.1, 0.15) is 12.2 Å². The van der Waals surface area contributed by atoms with Crippen molar-refractivity contribution >= 4 is 21.6 Å². The molecule has 0 atom stereocenters. The quantitative estimate of drug-likeness (QED) is 0.465. The summed E-state index contributed by atoms with van der Waals surface area (Å²) in [6, 6.07) is 0. The molecular formula is C8H14O5S. The largest absolute Gasteiger partial charge is 0.466 e. The van der Waals surface area contributed by atoms with Crippen LogP contribution in [0.2, 0.25) is 0 Å². The van der Waals surface area contributed by atoms with E-state index in [9.17, 15) is 18.0 Å². The van der Waals surface area contributed by atoms with Crippen molar-refractivity contribution in [2.75, 3.05) is 18.1 Å². The summed E-state index contributed by atoms with van der Waals surface area (Å²) < 4.78 is 26.5. The number of rotatable bonds is 6. The molecule has 0 fully saturated rings. The zero-order valence-electron chi connectivity index (χ0n) is 8.28. The molecule has 0 saturated carbocycles. The Morgan fingerprint density at radius 2 is 1.79 bits per heavy atom. The minimum Gasteiger partial charge on any atom is -0.466 e. The molecule has 0 aromatic heterocycles. The Morgan fingerprint density at radius 1 is 1.21 bits per heavy atom. The predicted molar refractivity (Wildman–Crippen MR) is 50.6 cm³/mol. The maximum atomic E-state index is 11.0. The summed E-state index contributed by atoms with van der Waals surface area (Å²) in [5.74, 6) is -1.97. The van der Waals surface area contributed by atoms with Gasteiger partial charge in [0.2, 0.25) is 0 Å². The Hall–Kier alpha value is -0.910. The van der Waals surface area contributed by atoms with Crippen molar-refractivity contribution < 1.29 is 22.7 Å². The van der Waals surface area contributed by atoms with Gasteiger partial charge in [-0.15, -0.1) is 0 Å². The van der Waals surface area contributed by atoms with E-state index < -0.39 is 33.8 Å². The van der Waals surface area contributed by atoms with Gasteiger partial charge in [-0.05, 0) is 6.92 Å². The number of Topliss-reactive ketones (excluding diaryl/α,β-unsaturated/α-hetero) is 1. The van der Waals surface area contributed by atoms with Crippen LogP contribution in [0.3, 0.4) is 0 Å². The lowest BCUT2D eigenvalue weighted by atomic mass is 10.3. The number of hydrogen-bond acceptors (Lipinski definition) is 5. The average Bonchev–Trinajstić information content (AvgIpc) is 2.03. The Kier molecular flexibility index (Phi) is 5.37.